The Hall–Kier alpha value is -1.14. The Kier molecular flexibility index (Phi) is 4.42. The normalized spacial score (nSPS) is 23.4. The van der Waals surface area contributed by atoms with Crippen molar-refractivity contribution in [2.24, 2.45) is 0 Å². The largest absolute Gasteiger partial charge is 0.372 e. The Balaban J connectivity index is 2.34. The minimum absolute atomic E-state index is 0.0808. The van der Waals surface area contributed by atoms with Crippen molar-refractivity contribution in [2.75, 3.05) is 18.0 Å². The van der Waals surface area contributed by atoms with E-state index in [1.165, 1.54) is 0 Å². The van der Waals surface area contributed by atoms with Gasteiger partial charge in [-0.1, -0.05) is 22.9 Å². The lowest BCUT2D eigenvalue weighted by Gasteiger charge is -2.37. The summed E-state index contributed by atoms with van der Waals surface area (Å²) in [5, 5.41) is 11.1. The molecule has 1 saturated heterocycles. The summed E-state index contributed by atoms with van der Waals surface area (Å²) in [4.78, 5) is 12.9. The molecule has 0 aliphatic carbocycles. The molecule has 1 aliphatic heterocycles. The zero-order valence-corrected chi connectivity index (χ0v) is 12.6. The monoisotopic (exact) mass is 328 g/mol. The molecule has 0 radical (unpaired) electrons. The topological polar surface area (TPSA) is 55.6 Å². The van der Waals surface area contributed by atoms with Gasteiger partial charge in [-0.25, -0.2) is 0 Å². The number of morpholine rings is 1. The molecule has 1 heterocycles. The molecular formula is C13H17BrN2O3. The van der Waals surface area contributed by atoms with Crippen LogP contribution in [0.5, 0.6) is 0 Å². The first-order chi connectivity index (χ1) is 9.01. The molecule has 0 aromatic heterocycles. The smallest absolute Gasteiger partial charge is 0.292 e. The van der Waals surface area contributed by atoms with E-state index in [1.807, 2.05) is 17.9 Å². The Labute approximate surface area is 120 Å². The van der Waals surface area contributed by atoms with Crippen LogP contribution in [-0.4, -0.2) is 30.2 Å². The minimum atomic E-state index is -0.331. The molecule has 0 spiro atoms. The summed E-state index contributed by atoms with van der Waals surface area (Å²) >= 11 is 3.38. The average Bonchev–Trinajstić information content (AvgIpc) is 2.37. The van der Waals surface area contributed by atoms with Gasteiger partial charge in [-0.15, -0.1) is 0 Å². The first-order valence-corrected chi connectivity index (χ1v) is 7.15. The fourth-order valence-electron chi connectivity index (χ4n) is 2.37. The van der Waals surface area contributed by atoms with E-state index in [0.717, 1.165) is 10.9 Å². The quantitative estimate of drug-likeness (QED) is 0.630. The Morgan fingerprint density at radius 3 is 2.89 bits per heavy atom. The molecule has 19 heavy (non-hydrogen) atoms. The van der Waals surface area contributed by atoms with E-state index < -0.39 is 0 Å². The number of rotatable bonds is 3. The SMILES string of the molecule is CCC1CN(c2cc(Br)ccc2[N+](=O)[O-])CC(C)O1. The lowest BCUT2D eigenvalue weighted by Crippen LogP contribution is -2.46. The van der Waals surface area contributed by atoms with Crippen molar-refractivity contribution in [1.82, 2.24) is 0 Å². The van der Waals surface area contributed by atoms with Gasteiger partial charge in [0.15, 0.2) is 0 Å². The maximum atomic E-state index is 11.1. The van der Waals surface area contributed by atoms with Crippen LogP contribution in [0.25, 0.3) is 0 Å². The number of benzene rings is 1. The standard InChI is InChI=1S/C13H17BrN2O3/c1-3-11-8-15(7-9(2)19-11)13-6-10(14)4-5-12(13)16(17)18/h4-6,9,11H,3,7-8H2,1-2H3. The molecule has 1 aromatic carbocycles. The van der Waals surface area contributed by atoms with Crippen LogP contribution in [-0.2, 0) is 4.74 Å². The van der Waals surface area contributed by atoms with E-state index in [2.05, 4.69) is 22.9 Å². The molecule has 6 heteroatoms. The van der Waals surface area contributed by atoms with Crippen molar-refractivity contribution in [2.45, 2.75) is 32.5 Å². The van der Waals surface area contributed by atoms with E-state index >= 15 is 0 Å². The van der Waals surface area contributed by atoms with E-state index in [-0.39, 0.29) is 22.8 Å². The maximum Gasteiger partial charge on any atom is 0.292 e. The van der Waals surface area contributed by atoms with Crippen molar-refractivity contribution in [3.05, 3.63) is 32.8 Å². The van der Waals surface area contributed by atoms with Crippen LogP contribution in [0.1, 0.15) is 20.3 Å². The molecule has 0 saturated carbocycles. The number of hydrogen-bond donors (Lipinski definition) is 0. The molecule has 1 aliphatic rings. The van der Waals surface area contributed by atoms with Gasteiger partial charge in [0.25, 0.3) is 5.69 Å². The van der Waals surface area contributed by atoms with Gasteiger partial charge in [-0.05, 0) is 25.5 Å². The number of nitro groups is 1. The predicted molar refractivity (Wildman–Crippen MR) is 77.6 cm³/mol. The first-order valence-electron chi connectivity index (χ1n) is 6.35. The van der Waals surface area contributed by atoms with Gasteiger partial charge in [0, 0.05) is 23.6 Å². The van der Waals surface area contributed by atoms with E-state index in [1.54, 1.807) is 12.1 Å². The van der Waals surface area contributed by atoms with Crippen LogP contribution >= 0.6 is 15.9 Å². The number of hydrogen-bond acceptors (Lipinski definition) is 4. The number of nitrogens with zero attached hydrogens (tertiary/aromatic N) is 2. The molecule has 2 unspecified atom stereocenters. The zero-order valence-electron chi connectivity index (χ0n) is 11.0. The lowest BCUT2D eigenvalue weighted by molar-refractivity contribution is -0.384. The second-order valence-corrected chi connectivity index (χ2v) is 5.69. The van der Waals surface area contributed by atoms with Gasteiger partial charge in [0.2, 0.25) is 0 Å². The van der Waals surface area contributed by atoms with Gasteiger partial charge in [-0.2, -0.15) is 0 Å². The van der Waals surface area contributed by atoms with Crippen molar-refractivity contribution < 1.29 is 9.66 Å². The van der Waals surface area contributed by atoms with Crippen LogP contribution in [0, 0.1) is 10.1 Å². The van der Waals surface area contributed by atoms with Crippen molar-refractivity contribution in [3.63, 3.8) is 0 Å². The van der Waals surface area contributed by atoms with Gasteiger partial charge in [0.1, 0.15) is 5.69 Å². The summed E-state index contributed by atoms with van der Waals surface area (Å²) in [6.45, 7) is 5.43. The van der Waals surface area contributed by atoms with Crippen LogP contribution in [0.4, 0.5) is 11.4 Å². The summed E-state index contributed by atoms with van der Waals surface area (Å²) in [6, 6.07) is 5.05. The van der Waals surface area contributed by atoms with Gasteiger partial charge in [-0.3, -0.25) is 10.1 Å². The summed E-state index contributed by atoms with van der Waals surface area (Å²) in [6.07, 6.45) is 1.11. The number of nitro benzene ring substituents is 1. The number of halogens is 1. The average molecular weight is 329 g/mol. The molecule has 5 nitrogen and oxygen atoms in total. The number of anilines is 1. The maximum absolute atomic E-state index is 11.1. The molecule has 1 fully saturated rings. The van der Waals surface area contributed by atoms with Crippen LogP contribution in [0.2, 0.25) is 0 Å². The van der Waals surface area contributed by atoms with E-state index in [4.69, 9.17) is 4.74 Å². The molecular weight excluding hydrogens is 312 g/mol. The predicted octanol–water partition coefficient (Wildman–Crippen LogP) is 3.36. The van der Waals surface area contributed by atoms with Crippen molar-refractivity contribution in [1.29, 1.82) is 0 Å². The molecule has 0 bridgehead atoms. The second kappa shape index (κ2) is 5.88. The molecule has 2 rings (SSSR count). The minimum Gasteiger partial charge on any atom is -0.372 e. The van der Waals surface area contributed by atoms with E-state index in [9.17, 15) is 10.1 Å². The number of ether oxygens (including phenoxy) is 1. The Morgan fingerprint density at radius 1 is 1.53 bits per heavy atom. The Morgan fingerprint density at radius 2 is 2.26 bits per heavy atom. The highest BCUT2D eigenvalue weighted by atomic mass is 79.9. The van der Waals surface area contributed by atoms with Crippen LogP contribution in [0.15, 0.2) is 22.7 Å². The zero-order chi connectivity index (χ0) is 14.0. The fraction of sp³-hybridized carbons (Fsp3) is 0.538. The first kappa shape index (κ1) is 14.3. The molecule has 104 valence electrons. The van der Waals surface area contributed by atoms with Crippen molar-refractivity contribution >= 4 is 27.3 Å². The van der Waals surface area contributed by atoms with Gasteiger partial charge in [0.05, 0.1) is 17.1 Å². The Bertz CT molecular complexity index is 481. The van der Waals surface area contributed by atoms with Crippen LogP contribution < -0.4 is 4.90 Å². The van der Waals surface area contributed by atoms with E-state index in [0.29, 0.717) is 18.8 Å². The highest BCUT2D eigenvalue weighted by Gasteiger charge is 2.28. The highest BCUT2D eigenvalue weighted by molar-refractivity contribution is 9.10. The van der Waals surface area contributed by atoms with Gasteiger partial charge < -0.3 is 9.64 Å². The third kappa shape index (κ3) is 3.25. The molecule has 2 atom stereocenters. The van der Waals surface area contributed by atoms with Gasteiger partial charge >= 0.3 is 0 Å². The summed E-state index contributed by atoms with van der Waals surface area (Å²) in [5.74, 6) is 0. The molecule has 0 amide bonds. The summed E-state index contributed by atoms with van der Waals surface area (Å²) in [7, 11) is 0. The fourth-order valence-corrected chi connectivity index (χ4v) is 2.72. The highest BCUT2D eigenvalue weighted by Crippen LogP contribution is 2.33. The van der Waals surface area contributed by atoms with Crippen molar-refractivity contribution in [3.8, 4) is 0 Å². The summed E-state index contributed by atoms with van der Waals surface area (Å²) < 4.78 is 6.64. The second-order valence-electron chi connectivity index (χ2n) is 4.77. The third-order valence-corrected chi connectivity index (χ3v) is 3.75. The molecule has 0 N–H and O–H groups in total. The molecule has 1 aromatic rings. The third-order valence-electron chi connectivity index (χ3n) is 3.26. The summed E-state index contributed by atoms with van der Waals surface area (Å²) in [5.41, 5.74) is 0.806. The van der Waals surface area contributed by atoms with Crippen LogP contribution in [0.3, 0.4) is 0 Å². The lowest BCUT2D eigenvalue weighted by atomic mass is 10.1.